The highest BCUT2D eigenvalue weighted by Gasteiger charge is 2.33. The first-order chi connectivity index (χ1) is 5.25. The monoisotopic (exact) mass is 182 g/mol. The number of aliphatic carboxylic acids is 1. The van der Waals surface area contributed by atoms with Gasteiger partial charge in [0.05, 0.1) is 0 Å². The number of carbonyl (C=O) groups is 1. The van der Waals surface area contributed by atoms with Crippen LogP contribution in [0.15, 0.2) is 11.8 Å². The van der Waals surface area contributed by atoms with Crippen molar-refractivity contribution in [3.05, 3.63) is 11.8 Å². The SMILES string of the molecule is N=C(/C=C(\N)C(=O)O)C(F)(F)F. The van der Waals surface area contributed by atoms with Crippen LogP contribution in [0.3, 0.4) is 0 Å². The highest BCUT2D eigenvalue weighted by molar-refractivity contribution is 6.02. The topological polar surface area (TPSA) is 87.2 Å². The van der Waals surface area contributed by atoms with Crippen molar-refractivity contribution in [2.24, 2.45) is 5.73 Å². The smallest absolute Gasteiger partial charge is 0.432 e. The molecule has 0 spiro atoms. The van der Waals surface area contributed by atoms with Crippen LogP contribution in [0.1, 0.15) is 0 Å². The minimum Gasteiger partial charge on any atom is -0.477 e. The summed E-state index contributed by atoms with van der Waals surface area (Å²) >= 11 is 0. The number of allylic oxidation sites excluding steroid dienone is 1. The van der Waals surface area contributed by atoms with Crippen LogP contribution in [0.2, 0.25) is 0 Å². The normalized spacial score (nSPS) is 12.8. The van der Waals surface area contributed by atoms with Crippen LogP contribution in [-0.4, -0.2) is 23.0 Å². The Bertz CT molecular complexity index is 244. The number of carboxylic acids is 1. The quantitative estimate of drug-likeness (QED) is 0.429. The lowest BCUT2D eigenvalue weighted by Gasteiger charge is -2.03. The fraction of sp³-hybridized carbons (Fsp3) is 0.200. The van der Waals surface area contributed by atoms with Crippen LogP contribution < -0.4 is 5.73 Å². The van der Waals surface area contributed by atoms with Gasteiger partial charge >= 0.3 is 12.1 Å². The summed E-state index contributed by atoms with van der Waals surface area (Å²) < 4.78 is 34.7. The number of rotatable bonds is 2. The molecule has 4 N–H and O–H groups in total. The number of alkyl halides is 3. The van der Waals surface area contributed by atoms with Gasteiger partial charge in [0.15, 0.2) is 0 Å². The molecule has 0 aromatic heterocycles. The van der Waals surface area contributed by atoms with Gasteiger partial charge in [-0.1, -0.05) is 0 Å². The third-order valence-corrected chi connectivity index (χ3v) is 0.852. The van der Waals surface area contributed by atoms with E-state index in [4.69, 9.17) is 10.5 Å². The van der Waals surface area contributed by atoms with Crippen molar-refractivity contribution in [1.82, 2.24) is 0 Å². The van der Waals surface area contributed by atoms with Crippen molar-refractivity contribution in [3.8, 4) is 0 Å². The zero-order valence-electron chi connectivity index (χ0n) is 5.64. The number of halogens is 3. The number of nitrogens with one attached hydrogen (secondary N) is 1. The molecular weight excluding hydrogens is 177 g/mol. The predicted molar refractivity (Wildman–Crippen MR) is 33.7 cm³/mol. The summed E-state index contributed by atoms with van der Waals surface area (Å²) in [5.74, 6) is -1.69. The summed E-state index contributed by atoms with van der Waals surface area (Å²) in [7, 11) is 0. The molecule has 0 saturated carbocycles. The van der Waals surface area contributed by atoms with Crippen LogP contribution in [0, 0.1) is 5.41 Å². The molecule has 0 aromatic carbocycles. The first-order valence-corrected chi connectivity index (χ1v) is 2.61. The second-order valence-corrected chi connectivity index (χ2v) is 1.82. The van der Waals surface area contributed by atoms with Crippen molar-refractivity contribution in [1.29, 1.82) is 5.41 Å². The summed E-state index contributed by atoms with van der Waals surface area (Å²) in [4.78, 5) is 9.90. The highest BCUT2D eigenvalue weighted by Crippen LogP contribution is 2.16. The van der Waals surface area contributed by atoms with Gasteiger partial charge in [0, 0.05) is 0 Å². The third kappa shape index (κ3) is 3.04. The van der Waals surface area contributed by atoms with E-state index >= 15 is 0 Å². The summed E-state index contributed by atoms with van der Waals surface area (Å²) in [5.41, 5.74) is 1.83. The summed E-state index contributed by atoms with van der Waals surface area (Å²) in [6.45, 7) is 0. The van der Waals surface area contributed by atoms with Gasteiger partial charge in [-0.25, -0.2) is 4.79 Å². The van der Waals surface area contributed by atoms with Gasteiger partial charge < -0.3 is 10.8 Å². The summed E-state index contributed by atoms with van der Waals surface area (Å²) in [6, 6.07) is 0. The van der Waals surface area contributed by atoms with Crippen molar-refractivity contribution < 1.29 is 23.1 Å². The minimum atomic E-state index is -4.86. The molecule has 68 valence electrons. The van der Waals surface area contributed by atoms with E-state index in [-0.39, 0.29) is 6.08 Å². The zero-order chi connectivity index (χ0) is 9.94. The predicted octanol–water partition coefficient (Wildman–Crippen LogP) is 0.496. The maximum absolute atomic E-state index is 11.6. The minimum absolute atomic E-state index is 0.0440. The van der Waals surface area contributed by atoms with Gasteiger partial charge in [-0.2, -0.15) is 13.2 Å². The Labute approximate surface area is 65.0 Å². The molecule has 0 aromatic rings. The molecule has 0 bridgehead atoms. The van der Waals surface area contributed by atoms with E-state index in [1.807, 2.05) is 0 Å². The third-order valence-electron chi connectivity index (χ3n) is 0.852. The standard InChI is InChI=1S/C5H5F3N2O2/c6-5(7,8)3(10)1-2(9)4(11)12/h1,10H,9H2,(H,11,12)/b2-1-,10-3?. The second-order valence-electron chi connectivity index (χ2n) is 1.82. The van der Waals surface area contributed by atoms with Crippen molar-refractivity contribution >= 4 is 11.7 Å². The van der Waals surface area contributed by atoms with Gasteiger partial charge in [-0.05, 0) is 6.08 Å². The molecular formula is C5H5F3N2O2. The molecule has 0 heterocycles. The molecule has 0 saturated heterocycles. The molecule has 0 aliphatic carbocycles. The van der Waals surface area contributed by atoms with Gasteiger partial charge in [0.1, 0.15) is 11.4 Å². The van der Waals surface area contributed by atoms with E-state index in [1.165, 1.54) is 0 Å². The molecule has 0 fully saturated rings. The Kier molecular flexibility index (Phi) is 2.83. The molecule has 0 radical (unpaired) electrons. The van der Waals surface area contributed by atoms with Gasteiger partial charge in [-0.3, -0.25) is 5.41 Å². The van der Waals surface area contributed by atoms with E-state index in [9.17, 15) is 18.0 Å². The van der Waals surface area contributed by atoms with E-state index in [2.05, 4.69) is 5.73 Å². The fourth-order valence-electron chi connectivity index (χ4n) is 0.299. The average molecular weight is 182 g/mol. The Morgan fingerprint density at radius 1 is 1.50 bits per heavy atom. The van der Waals surface area contributed by atoms with E-state index in [0.29, 0.717) is 0 Å². The lowest BCUT2D eigenvalue weighted by molar-refractivity contribution is -0.132. The zero-order valence-corrected chi connectivity index (χ0v) is 5.64. The van der Waals surface area contributed by atoms with Crippen LogP contribution in [0.4, 0.5) is 13.2 Å². The lowest BCUT2D eigenvalue weighted by Crippen LogP contribution is -2.22. The van der Waals surface area contributed by atoms with Crippen molar-refractivity contribution in [3.63, 3.8) is 0 Å². The second kappa shape index (κ2) is 3.24. The summed E-state index contributed by atoms with van der Waals surface area (Å²) in [6.07, 6.45) is -4.82. The molecule has 0 aliphatic heterocycles. The Morgan fingerprint density at radius 3 is 2.17 bits per heavy atom. The Morgan fingerprint density at radius 2 is 1.92 bits per heavy atom. The van der Waals surface area contributed by atoms with Gasteiger partial charge in [0.25, 0.3) is 0 Å². The highest BCUT2D eigenvalue weighted by atomic mass is 19.4. The first kappa shape index (κ1) is 10.5. The largest absolute Gasteiger partial charge is 0.477 e. The Balaban J connectivity index is 4.57. The maximum Gasteiger partial charge on any atom is 0.432 e. The molecule has 0 amide bonds. The lowest BCUT2D eigenvalue weighted by atomic mass is 10.3. The van der Waals surface area contributed by atoms with E-state index in [0.717, 1.165) is 0 Å². The molecule has 7 heteroatoms. The first-order valence-electron chi connectivity index (χ1n) is 2.61. The fourth-order valence-corrected chi connectivity index (χ4v) is 0.299. The van der Waals surface area contributed by atoms with Crippen LogP contribution >= 0.6 is 0 Å². The molecule has 0 unspecified atom stereocenters. The average Bonchev–Trinajstić information content (AvgIpc) is 1.85. The maximum atomic E-state index is 11.6. The number of nitrogens with two attached hydrogens (primary N) is 1. The Hall–Kier alpha value is -1.53. The summed E-state index contributed by atoms with van der Waals surface area (Å²) in [5, 5.41) is 14.4. The van der Waals surface area contributed by atoms with Crippen molar-refractivity contribution in [2.45, 2.75) is 6.18 Å². The van der Waals surface area contributed by atoms with Gasteiger partial charge in [0.2, 0.25) is 0 Å². The van der Waals surface area contributed by atoms with E-state index < -0.39 is 23.6 Å². The molecule has 4 nitrogen and oxygen atoms in total. The van der Waals surface area contributed by atoms with Crippen LogP contribution in [0.25, 0.3) is 0 Å². The van der Waals surface area contributed by atoms with E-state index in [1.54, 1.807) is 0 Å². The number of hydrogen-bond acceptors (Lipinski definition) is 3. The molecule has 0 aliphatic rings. The van der Waals surface area contributed by atoms with Crippen LogP contribution in [0.5, 0.6) is 0 Å². The molecule has 12 heavy (non-hydrogen) atoms. The van der Waals surface area contributed by atoms with Crippen LogP contribution in [-0.2, 0) is 4.79 Å². The molecule has 0 atom stereocenters. The molecule has 0 rings (SSSR count). The van der Waals surface area contributed by atoms with Crippen molar-refractivity contribution in [2.75, 3.05) is 0 Å². The van der Waals surface area contributed by atoms with Gasteiger partial charge in [-0.15, -0.1) is 0 Å². The number of hydrogen-bond donors (Lipinski definition) is 3. The number of carboxylic acid groups (broad SMARTS) is 1.